The van der Waals surface area contributed by atoms with Gasteiger partial charge in [-0.1, -0.05) is 83.8 Å². The van der Waals surface area contributed by atoms with Crippen molar-refractivity contribution in [3.8, 4) is 0 Å². The van der Waals surface area contributed by atoms with Crippen molar-refractivity contribution in [1.82, 2.24) is 0 Å². The Bertz CT molecular complexity index is 635. The molecule has 0 heterocycles. The molecule has 0 N–H and O–H groups in total. The van der Waals surface area contributed by atoms with Gasteiger partial charge in [0.2, 0.25) is 0 Å². The lowest BCUT2D eigenvalue weighted by Crippen LogP contribution is -2.14. The zero-order chi connectivity index (χ0) is 20.7. The van der Waals surface area contributed by atoms with Crippen LogP contribution in [0.15, 0.2) is 29.2 Å². The zero-order valence-electron chi connectivity index (χ0n) is 17.8. The van der Waals surface area contributed by atoms with Crippen LogP contribution in [-0.4, -0.2) is 20.8 Å². The van der Waals surface area contributed by atoms with Gasteiger partial charge in [-0.15, -0.1) is 0 Å². The lowest BCUT2D eigenvalue weighted by Gasteiger charge is -2.07. The van der Waals surface area contributed by atoms with Crippen LogP contribution in [0, 0.1) is 0 Å². The number of hydrogen-bond acceptors (Lipinski definition) is 4. The van der Waals surface area contributed by atoms with Crippen LogP contribution in [0.4, 0.5) is 0 Å². The number of unbranched alkanes of at least 4 members (excludes halogenated alkanes) is 9. The Hall–Kier alpha value is -1.20. The molecule has 1 aromatic rings. The van der Waals surface area contributed by atoms with Crippen LogP contribution in [0.2, 0.25) is 0 Å². The molecule has 0 aliphatic rings. The number of Topliss-reactive ketones (excluding diaryl/α,β-unsaturated/α-hetero) is 1. The van der Waals surface area contributed by atoms with Gasteiger partial charge in [-0.3, -0.25) is 8.98 Å². The minimum absolute atomic E-state index is 0.114. The Kier molecular flexibility index (Phi) is 13.1. The zero-order valence-corrected chi connectivity index (χ0v) is 18.6. The minimum atomic E-state index is -3.86. The van der Waals surface area contributed by atoms with E-state index in [9.17, 15) is 13.2 Å². The molecule has 4 nitrogen and oxygen atoms in total. The maximum atomic E-state index is 12.1. The summed E-state index contributed by atoms with van der Waals surface area (Å²) < 4.78 is 29.1. The fraction of sp³-hybridized carbons (Fsp3) is 0.696. The normalized spacial score (nSPS) is 11.6. The predicted octanol–water partition coefficient (Wildman–Crippen LogP) is 6.22. The molecule has 28 heavy (non-hydrogen) atoms. The highest BCUT2D eigenvalue weighted by molar-refractivity contribution is 7.86. The van der Waals surface area contributed by atoms with Crippen molar-refractivity contribution in [3.05, 3.63) is 29.8 Å². The summed E-state index contributed by atoms with van der Waals surface area (Å²) in [6.07, 6.45) is 15.1. The van der Waals surface area contributed by atoms with Crippen LogP contribution < -0.4 is 0 Å². The summed E-state index contributed by atoms with van der Waals surface area (Å²) in [7, 11) is -3.86. The summed E-state index contributed by atoms with van der Waals surface area (Å²) in [5.41, 5.74) is 1.14. The lowest BCUT2D eigenvalue weighted by molar-refractivity contribution is -0.121. The highest BCUT2D eigenvalue weighted by atomic mass is 32.2. The van der Waals surface area contributed by atoms with Gasteiger partial charge in [0.25, 0.3) is 10.1 Å². The van der Waals surface area contributed by atoms with Crippen LogP contribution in [0.3, 0.4) is 0 Å². The average molecular weight is 411 g/mol. The molecular weight excluding hydrogens is 372 g/mol. The Morgan fingerprint density at radius 1 is 0.786 bits per heavy atom. The third kappa shape index (κ3) is 11.0. The van der Waals surface area contributed by atoms with Crippen LogP contribution >= 0.6 is 0 Å². The second-order valence-electron chi connectivity index (χ2n) is 7.58. The second-order valence-corrected chi connectivity index (χ2v) is 9.20. The highest BCUT2D eigenvalue weighted by Gasteiger charge is 2.16. The minimum Gasteiger partial charge on any atom is -0.297 e. The molecule has 0 bridgehead atoms. The smallest absolute Gasteiger partial charge is 0.297 e. The summed E-state index contributed by atoms with van der Waals surface area (Å²) in [5.74, 6) is -0.191. The van der Waals surface area contributed by atoms with E-state index in [1.54, 1.807) is 12.1 Å². The summed E-state index contributed by atoms with van der Waals surface area (Å²) in [5, 5.41) is 0. The molecule has 1 aromatic carbocycles. The molecule has 0 atom stereocenters. The van der Waals surface area contributed by atoms with Gasteiger partial charge in [0.15, 0.2) is 5.78 Å². The van der Waals surface area contributed by atoms with E-state index in [4.69, 9.17) is 4.18 Å². The Morgan fingerprint density at radius 3 is 1.86 bits per heavy atom. The Labute approximate surface area is 172 Å². The number of rotatable bonds is 17. The van der Waals surface area contributed by atoms with Gasteiger partial charge >= 0.3 is 0 Å². The molecule has 0 aliphatic carbocycles. The third-order valence-corrected chi connectivity index (χ3v) is 6.21. The van der Waals surface area contributed by atoms with Crippen LogP contribution in [-0.2, 0) is 25.5 Å². The van der Waals surface area contributed by atoms with Crippen LogP contribution in [0.5, 0.6) is 0 Å². The second kappa shape index (κ2) is 14.7. The van der Waals surface area contributed by atoms with Crippen molar-refractivity contribution in [2.45, 2.75) is 102 Å². The molecule has 0 radical (unpaired) electrons. The molecule has 0 fully saturated rings. The maximum absolute atomic E-state index is 12.1. The standard InChI is InChI=1S/C23H38O4S/c1-3-5-6-7-8-9-10-11-12-13-15-21-16-18-23(19-17-21)28(25,26)27-20-22(24)14-4-2/h16-19H,3-15,20H2,1-2H3. The van der Waals surface area contributed by atoms with Crippen molar-refractivity contribution in [2.24, 2.45) is 0 Å². The number of benzene rings is 1. The number of aryl methyl sites for hydroxylation is 1. The van der Waals surface area contributed by atoms with E-state index in [-0.39, 0.29) is 17.3 Å². The van der Waals surface area contributed by atoms with Gasteiger partial charge in [-0.25, -0.2) is 0 Å². The number of hydrogen-bond donors (Lipinski definition) is 0. The quantitative estimate of drug-likeness (QED) is 0.226. The molecule has 0 saturated carbocycles. The molecule has 5 heteroatoms. The first-order valence-electron chi connectivity index (χ1n) is 11.0. The van der Waals surface area contributed by atoms with Crippen molar-refractivity contribution < 1.29 is 17.4 Å². The fourth-order valence-electron chi connectivity index (χ4n) is 3.20. The molecule has 0 spiro atoms. The van der Waals surface area contributed by atoms with E-state index in [1.165, 1.54) is 57.8 Å². The van der Waals surface area contributed by atoms with Crippen molar-refractivity contribution in [2.75, 3.05) is 6.61 Å². The molecule has 1 rings (SSSR count). The summed E-state index contributed by atoms with van der Waals surface area (Å²) in [6, 6.07) is 6.84. The molecular formula is C23H38O4S. The fourth-order valence-corrected chi connectivity index (χ4v) is 4.09. The van der Waals surface area contributed by atoms with E-state index in [2.05, 4.69) is 6.92 Å². The first-order valence-corrected chi connectivity index (χ1v) is 12.4. The third-order valence-electron chi connectivity index (χ3n) is 4.93. The summed E-state index contributed by atoms with van der Waals surface area (Å²) >= 11 is 0. The molecule has 0 unspecified atom stereocenters. The van der Waals surface area contributed by atoms with Crippen LogP contribution in [0.25, 0.3) is 0 Å². The van der Waals surface area contributed by atoms with Gasteiger partial charge in [-0.2, -0.15) is 8.42 Å². The van der Waals surface area contributed by atoms with Gasteiger partial charge < -0.3 is 0 Å². The first kappa shape index (κ1) is 24.8. The van der Waals surface area contributed by atoms with E-state index in [1.807, 2.05) is 19.1 Å². The molecule has 0 saturated heterocycles. The average Bonchev–Trinajstić information content (AvgIpc) is 2.68. The summed E-state index contributed by atoms with van der Waals surface area (Å²) in [6.45, 7) is 3.74. The van der Waals surface area contributed by atoms with Crippen LogP contribution in [0.1, 0.15) is 96.5 Å². The van der Waals surface area contributed by atoms with Crippen molar-refractivity contribution >= 4 is 15.9 Å². The first-order chi connectivity index (χ1) is 13.5. The molecule has 0 amide bonds. The highest BCUT2D eigenvalue weighted by Crippen LogP contribution is 2.16. The van der Waals surface area contributed by atoms with Gasteiger partial charge in [0, 0.05) is 6.42 Å². The molecule has 160 valence electrons. The van der Waals surface area contributed by atoms with Crippen molar-refractivity contribution in [3.63, 3.8) is 0 Å². The van der Waals surface area contributed by atoms with Gasteiger partial charge in [0.1, 0.15) is 6.61 Å². The van der Waals surface area contributed by atoms with E-state index in [0.29, 0.717) is 12.8 Å². The van der Waals surface area contributed by atoms with E-state index >= 15 is 0 Å². The topological polar surface area (TPSA) is 60.4 Å². The van der Waals surface area contributed by atoms with Crippen molar-refractivity contribution in [1.29, 1.82) is 0 Å². The monoisotopic (exact) mass is 410 g/mol. The Morgan fingerprint density at radius 2 is 1.32 bits per heavy atom. The maximum Gasteiger partial charge on any atom is 0.297 e. The number of carbonyl (C=O) groups excluding carboxylic acids is 1. The van der Waals surface area contributed by atoms with Gasteiger partial charge in [0.05, 0.1) is 4.90 Å². The lowest BCUT2D eigenvalue weighted by atomic mass is 10.0. The largest absolute Gasteiger partial charge is 0.297 e. The van der Waals surface area contributed by atoms with E-state index < -0.39 is 10.1 Å². The Balaban J connectivity index is 2.23. The number of carbonyl (C=O) groups is 1. The predicted molar refractivity (Wildman–Crippen MR) is 115 cm³/mol. The SMILES string of the molecule is CCCCCCCCCCCCc1ccc(S(=O)(=O)OCC(=O)CCC)cc1. The number of ketones is 1. The summed E-state index contributed by atoms with van der Waals surface area (Å²) in [4.78, 5) is 11.6. The molecule has 0 aliphatic heterocycles. The molecule has 0 aromatic heterocycles. The van der Waals surface area contributed by atoms with E-state index in [0.717, 1.165) is 18.4 Å². The van der Waals surface area contributed by atoms with Gasteiger partial charge in [-0.05, 0) is 37.0 Å².